The fourth-order valence-corrected chi connectivity index (χ4v) is 3.00. The molecular formula is C21H22N4O4. The smallest absolute Gasteiger partial charge is 0.272 e. The van der Waals surface area contributed by atoms with E-state index in [4.69, 9.17) is 4.74 Å². The van der Waals surface area contributed by atoms with E-state index in [9.17, 15) is 14.4 Å². The number of aromatic amines is 1. The van der Waals surface area contributed by atoms with Crippen molar-refractivity contribution in [2.24, 2.45) is 0 Å². The van der Waals surface area contributed by atoms with Crippen molar-refractivity contribution in [2.75, 3.05) is 7.11 Å². The third kappa shape index (κ3) is 4.78. The van der Waals surface area contributed by atoms with Gasteiger partial charge in [-0.1, -0.05) is 36.4 Å². The molecule has 2 amide bonds. The molecular weight excluding hydrogens is 372 g/mol. The predicted molar refractivity (Wildman–Crippen MR) is 109 cm³/mol. The summed E-state index contributed by atoms with van der Waals surface area (Å²) in [6.45, 7) is 1.89. The second kappa shape index (κ2) is 9.01. The summed E-state index contributed by atoms with van der Waals surface area (Å²) in [7, 11) is 1.57. The lowest BCUT2D eigenvalue weighted by atomic mass is 10.1. The summed E-state index contributed by atoms with van der Waals surface area (Å²) in [5.74, 6) is -0.00121. The van der Waals surface area contributed by atoms with E-state index in [2.05, 4.69) is 20.8 Å². The number of hydrogen-bond acceptors (Lipinski definition) is 5. The molecule has 0 radical (unpaired) electrons. The number of benzene rings is 2. The largest absolute Gasteiger partial charge is 0.496 e. The summed E-state index contributed by atoms with van der Waals surface area (Å²) in [6.07, 6.45) is -0.0541. The van der Waals surface area contributed by atoms with Gasteiger partial charge in [-0.3, -0.25) is 14.4 Å². The minimum atomic E-state index is -0.730. The molecule has 1 heterocycles. The average molecular weight is 394 g/mol. The predicted octanol–water partition coefficient (Wildman–Crippen LogP) is 1.30. The third-order valence-electron chi connectivity index (χ3n) is 4.52. The Balaban J connectivity index is 1.60. The van der Waals surface area contributed by atoms with Crippen molar-refractivity contribution in [3.05, 3.63) is 70.1 Å². The topological polar surface area (TPSA) is 113 Å². The Morgan fingerprint density at radius 1 is 1.10 bits per heavy atom. The van der Waals surface area contributed by atoms with Gasteiger partial charge in [0, 0.05) is 17.5 Å². The molecule has 1 atom stereocenters. The van der Waals surface area contributed by atoms with Crippen LogP contribution >= 0.6 is 0 Å². The molecule has 2 aromatic carbocycles. The maximum absolute atomic E-state index is 12.4. The molecule has 0 bridgehead atoms. The number of nitrogens with zero attached hydrogens (tertiary/aromatic N) is 1. The molecule has 3 rings (SSSR count). The summed E-state index contributed by atoms with van der Waals surface area (Å²) in [6, 6.07) is 13.6. The number of rotatable bonds is 7. The van der Waals surface area contributed by atoms with Gasteiger partial charge in [0.25, 0.3) is 5.56 Å². The van der Waals surface area contributed by atoms with Crippen LogP contribution in [0.2, 0.25) is 0 Å². The monoisotopic (exact) mass is 394 g/mol. The Bertz CT molecular complexity index is 1090. The molecule has 0 aliphatic rings. The number of amides is 2. The molecule has 0 saturated carbocycles. The number of carbonyl (C=O) groups excluding carboxylic acids is 2. The Morgan fingerprint density at radius 2 is 1.79 bits per heavy atom. The van der Waals surface area contributed by atoms with Gasteiger partial charge < -0.3 is 15.4 Å². The molecule has 29 heavy (non-hydrogen) atoms. The molecule has 0 fully saturated rings. The highest BCUT2D eigenvalue weighted by atomic mass is 16.5. The standard InChI is InChI=1S/C21H22N4O4/c1-13(20(27)22-12-14-7-3-6-10-18(14)29-2)23-19(26)11-17-15-8-4-5-9-16(15)21(28)25-24-17/h3-10,13H,11-12H2,1-2H3,(H,22,27)(H,23,26)(H,25,28)/t13-/m0/s1. The Labute approximate surface area is 167 Å². The quantitative estimate of drug-likeness (QED) is 0.559. The number of H-pyrrole nitrogens is 1. The van der Waals surface area contributed by atoms with Crippen LogP contribution in [-0.2, 0) is 22.6 Å². The zero-order valence-corrected chi connectivity index (χ0v) is 16.2. The number of para-hydroxylation sites is 1. The van der Waals surface area contributed by atoms with Crippen LogP contribution in [0, 0.1) is 0 Å². The van der Waals surface area contributed by atoms with Crippen molar-refractivity contribution in [2.45, 2.75) is 25.9 Å². The summed E-state index contributed by atoms with van der Waals surface area (Å²) >= 11 is 0. The Hall–Kier alpha value is -3.68. The van der Waals surface area contributed by atoms with Crippen molar-refractivity contribution in [3.63, 3.8) is 0 Å². The fourth-order valence-electron chi connectivity index (χ4n) is 3.00. The second-order valence-electron chi connectivity index (χ2n) is 6.54. The van der Waals surface area contributed by atoms with Crippen LogP contribution in [0.3, 0.4) is 0 Å². The number of ether oxygens (including phenoxy) is 1. The fraction of sp³-hybridized carbons (Fsp3) is 0.238. The summed E-state index contributed by atoms with van der Waals surface area (Å²) in [5, 5.41) is 12.9. The normalized spacial score (nSPS) is 11.7. The number of hydrogen-bond donors (Lipinski definition) is 3. The first-order valence-corrected chi connectivity index (χ1v) is 9.15. The molecule has 8 heteroatoms. The van der Waals surface area contributed by atoms with Crippen LogP contribution in [0.1, 0.15) is 18.2 Å². The van der Waals surface area contributed by atoms with E-state index < -0.39 is 6.04 Å². The lowest BCUT2D eigenvalue weighted by Gasteiger charge is -2.15. The van der Waals surface area contributed by atoms with Gasteiger partial charge in [0.2, 0.25) is 11.8 Å². The van der Waals surface area contributed by atoms with Gasteiger partial charge in [-0.2, -0.15) is 5.10 Å². The second-order valence-corrected chi connectivity index (χ2v) is 6.54. The van der Waals surface area contributed by atoms with Crippen LogP contribution in [-0.4, -0.2) is 35.2 Å². The number of aromatic nitrogens is 2. The molecule has 3 N–H and O–H groups in total. The van der Waals surface area contributed by atoms with Gasteiger partial charge in [-0.25, -0.2) is 5.10 Å². The van der Waals surface area contributed by atoms with Gasteiger partial charge >= 0.3 is 0 Å². The van der Waals surface area contributed by atoms with Crippen LogP contribution < -0.4 is 20.9 Å². The van der Waals surface area contributed by atoms with Crippen molar-refractivity contribution in [1.29, 1.82) is 0 Å². The number of fused-ring (bicyclic) bond motifs is 1. The van der Waals surface area contributed by atoms with Crippen molar-refractivity contribution >= 4 is 22.6 Å². The molecule has 8 nitrogen and oxygen atoms in total. The molecule has 3 aromatic rings. The van der Waals surface area contributed by atoms with E-state index in [-0.39, 0.29) is 30.3 Å². The highest BCUT2D eigenvalue weighted by Gasteiger charge is 2.17. The molecule has 0 spiro atoms. The van der Waals surface area contributed by atoms with Crippen LogP contribution in [0.25, 0.3) is 10.8 Å². The van der Waals surface area contributed by atoms with Crippen LogP contribution in [0.15, 0.2) is 53.3 Å². The first-order valence-electron chi connectivity index (χ1n) is 9.15. The van der Waals surface area contributed by atoms with Crippen molar-refractivity contribution in [3.8, 4) is 5.75 Å². The summed E-state index contributed by atoms with van der Waals surface area (Å²) in [5.41, 5.74) is 0.971. The van der Waals surface area contributed by atoms with E-state index in [0.29, 0.717) is 22.2 Å². The number of nitrogens with one attached hydrogen (secondary N) is 3. The molecule has 0 aliphatic carbocycles. The first-order chi connectivity index (χ1) is 14.0. The minimum absolute atomic E-state index is 0.0541. The Kier molecular flexibility index (Phi) is 6.23. The first kappa shape index (κ1) is 20.1. The van der Waals surface area contributed by atoms with E-state index >= 15 is 0 Å². The molecule has 0 unspecified atom stereocenters. The zero-order chi connectivity index (χ0) is 20.8. The van der Waals surface area contributed by atoms with E-state index in [1.807, 2.05) is 24.3 Å². The zero-order valence-electron chi connectivity index (χ0n) is 16.2. The molecule has 1 aromatic heterocycles. The summed E-state index contributed by atoms with van der Waals surface area (Å²) in [4.78, 5) is 36.6. The lowest BCUT2D eigenvalue weighted by Crippen LogP contribution is -2.45. The summed E-state index contributed by atoms with van der Waals surface area (Å²) < 4.78 is 5.26. The maximum atomic E-state index is 12.4. The lowest BCUT2D eigenvalue weighted by molar-refractivity contribution is -0.128. The molecule has 150 valence electrons. The highest BCUT2D eigenvalue weighted by Crippen LogP contribution is 2.16. The van der Waals surface area contributed by atoms with Gasteiger partial charge in [-0.15, -0.1) is 0 Å². The molecule has 0 saturated heterocycles. The highest BCUT2D eigenvalue weighted by molar-refractivity contribution is 5.91. The number of methoxy groups -OCH3 is 1. The van der Waals surface area contributed by atoms with Crippen LogP contribution in [0.4, 0.5) is 0 Å². The van der Waals surface area contributed by atoms with Gasteiger partial charge in [-0.05, 0) is 19.1 Å². The van der Waals surface area contributed by atoms with Gasteiger partial charge in [0.15, 0.2) is 0 Å². The van der Waals surface area contributed by atoms with E-state index in [0.717, 1.165) is 5.56 Å². The van der Waals surface area contributed by atoms with Crippen molar-refractivity contribution < 1.29 is 14.3 Å². The number of carbonyl (C=O) groups is 2. The van der Waals surface area contributed by atoms with Crippen LogP contribution in [0.5, 0.6) is 5.75 Å². The molecule has 0 aliphatic heterocycles. The maximum Gasteiger partial charge on any atom is 0.272 e. The minimum Gasteiger partial charge on any atom is -0.496 e. The van der Waals surface area contributed by atoms with Crippen molar-refractivity contribution in [1.82, 2.24) is 20.8 Å². The average Bonchev–Trinajstić information content (AvgIpc) is 2.74. The van der Waals surface area contributed by atoms with Gasteiger partial charge in [0.1, 0.15) is 11.8 Å². The SMILES string of the molecule is COc1ccccc1CNC(=O)[C@H](C)NC(=O)Cc1n[nH]c(=O)c2ccccc12. The third-order valence-corrected chi connectivity index (χ3v) is 4.52. The van der Waals surface area contributed by atoms with Gasteiger partial charge in [0.05, 0.1) is 24.6 Å². The van der Waals surface area contributed by atoms with E-state index in [1.54, 1.807) is 38.3 Å². The Morgan fingerprint density at radius 3 is 2.55 bits per heavy atom. The van der Waals surface area contributed by atoms with E-state index in [1.165, 1.54) is 0 Å².